The van der Waals surface area contributed by atoms with Gasteiger partial charge < -0.3 is 14.2 Å². The lowest BCUT2D eigenvalue weighted by Crippen LogP contribution is -2.31. The number of fused-ring (bicyclic) bond motifs is 10. The number of esters is 1. The summed E-state index contributed by atoms with van der Waals surface area (Å²) < 4.78 is 17.5. The zero-order chi connectivity index (χ0) is 42.9. The van der Waals surface area contributed by atoms with Crippen molar-refractivity contribution >= 4 is 70.6 Å². The Hall–Kier alpha value is -7.63. The van der Waals surface area contributed by atoms with Crippen LogP contribution in [-0.2, 0) is 14.2 Å². The van der Waals surface area contributed by atoms with Crippen LogP contribution in [0.1, 0.15) is 36.1 Å². The van der Waals surface area contributed by atoms with E-state index in [0.717, 1.165) is 54.9 Å². The molecule has 64 heavy (non-hydrogen) atoms. The first-order chi connectivity index (χ1) is 31.5. The summed E-state index contributed by atoms with van der Waals surface area (Å²) in [5.74, 6) is -0.313. The third-order valence-electron chi connectivity index (χ3n) is 13.1. The molecule has 0 amide bonds. The maximum Gasteiger partial charge on any atom is 0.338 e. The normalized spacial score (nSPS) is 15.0. The van der Waals surface area contributed by atoms with Gasteiger partial charge in [0.1, 0.15) is 0 Å². The van der Waals surface area contributed by atoms with E-state index in [1.807, 2.05) is 38.1 Å². The third-order valence-corrected chi connectivity index (χ3v) is 13.1. The topological polar surface area (TPSA) is 44.8 Å². The van der Waals surface area contributed by atoms with Gasteiger partial charge in [0, 0.05) is 5.56 Å². The predicted octanol–water partition coefficient (Wildman–Crippen LogP) is 15.8. The number of carbonyl (C=O) groups is 1. The van der Waals surface area contributed by atoms with E-state index in [0.29, 0.717) is 12.2 Å². The first-order valence-corrected chi connectivity index (χ1v) is 22.1. The molecule has 0 unspecified atom stereocenters. The summed E-state index contributed by atoms with van der Waals surface area (Å²) in [6.07, 6.45) is -0.589. The number of benzene rings is 11. The minimum Gasteiger partial charge on any atom is -0.462 e. The van der Waals surface area contributed by atoms with Gasteiger partial charge in [-0.3, -0.25) is 0 Å². The fourth-order valence-corrected chi connectivity index (χ4v) is 10.2. The fourth-order valence-electron chi connectivity index (χ4n) is 10.2. The second-order valence-corrected chi connectivity index (χ2v) is 16.7. The summed E-state index contributed by atoms with van der Waals surface area (Å²) in [4.78, 5) is 13.2. The SMILES string of the molecule is CCOC(=O)c1ccccc1-c1cc2c3ccccc3c(-c3ccc(-c4cc5c6ccccc6c(-c6ccccc6C6OC(C)O6)cc5c5ccccc45)cc3)cc2c2ccccc12. The van der Waals surface area contributed by atoms with Crippen LogP contribution in [-0.4, -0.2) is 18.9 Å². The van der Waals surface area contributed by atoms with Gasteiger partial charge in [-0.15, -0.1) is 0 Å². The van der Waals surface area contributed by atoms with E-state index in [2.05, 4.69) is 170 Å². The van der Waals surface area contributed by atoms with Gasteiger partial charge in [0.25, 0.3) is 0 Å². The van der Waals surface area contributed by atoms with Crippen molar-refractivity contribution in [2.24, 2.45) is 0 Å². The number of ether oxygens (including phenoxy) is 3. The van der Waals surface area contributed by atoms with Gasteiger partial charge in [0.15, 0.2) is 12.6 Å². The van der Waals surface area contributed by atoms with Crippen molar-refractivity contribution in [3.63, 3.8) is 0 Å². The first-order valence-electron chi connectivity index (χ1n) is 22.1. The minimum absolute atomic E-state index is 0.209. The van der Waals surface area contributed by atoms with Gasteiger partial charge in [0.05, 0.1) is 12.2 Å². The van der Waals surface area contributed by atoms with Crippen molar-refractivity contribution in [2.75, 3.05) is 6.61 Å². The molecule has 1 saturated heterocycles. The summed E-state index contributed by atoms with van der Waals surface area (Å²) >= 11 is 0. The highest BCUT2D eigenvalue weighted by Gasteiger charge is 2.31. The highest BCUT2D eigenvalue weighted by atomic mass is 16.9. The van der Waals surface area contributed by atoms with E-state index >= 15 is 0 Å². The molecule has 1 heterocycles. The molecule has 0 N–H and O–H groups in total. The van der Waals surface area contributed by atoms with Crippen molar-refractivity contribution in [3.05, 3.63) is 205 Å². The molecule has 4 nitrogen and oxygen atoms in total. The zero-order valence-corrected chi connectivity index (χ0v) is 35.5. The summed E-state index contributed by atoms with van der Waals surface area (Å²) in [6.45, 7) is 4.10. The molecule has 0 aliphatic carbocycles. The number of hydrogen-bond donors (Lipinski definition) is 0. The van der Waals surface area contributed by atoms with Gasteiger partial charge in [-0.05, 0) is 153 Å². The van der Waals surface area contributed by atoms with Crippen LogP contribution >= 0.6 is 0 Å². The van der Waals surface area contributed by atoms with Crippen LogP contribution in [0.15, 0.2) is 194 Å². The van der Waals surface area contributed by atoms with E-state index in [4.69, 9.17) is 14.2 Å². The Morgan fingerprint density at radius 1 is 0.406 bits per heavy atom. The molecule has 1 aliphatic rings. The lowest BCUT2D eigenvalue weighted by molar-refractivity contribution is -0.382. The average molecular weight is 827 g/mol. The van der Waals surface area contributed by atoms with Gasteiger partial charge in [-0.25, -0.2) is 4.79 Å². The molecular weight excluding hydrogens is 785 g/mol. The van der Waals surface area contributed by atoms with Crippen molar-refractivity contribution in [1.82, 2.24) is 0 Å². The highest BCUT2D eigenvalue weighted by molar-refractivity contribution is 6.26. The van der Waals surface area contributed by atoms with Crippen LogP contribution in [0.4, 0.5) is 0 Å². The Kier molecular flexibility index (Phi) is 9.11. The molecule has 0 spiro atoms. The van der Waals surface area contributed by atoms with Crippen molar-refractivity contribution in [3.8, 4) is 44.5 Å². The quantitative estimate of drug-likeness (QED) is 0.119. The van der Waals surface area contributed by atoms with Gasteiger partial charge in [-0.1, -0.05) is 164 Å². The molecule has 12 rings (SSSR count). The first kappa shape index (κ1) is 38.1. The van der Waals surface area contributed by atoms with Crippen molar-refractivity contribution in [1.29, 1.82) is 0 Å². The predicted molar refractivity (Wildman–Crippen MR) is 264 cm³/mol. The Morgan fingerprint density at radius 3 is 1.22 bits per heavy atom. The van der Waals surface area contributed by atoms with E-state index in [1.165, 1.54) is 59.8 Å². The van der Waals surface area contributed by atoms with Crippen LogP contribution in [0.5, 0.6) is 0 Å². The molecule has 4 heteroatoms. The molecule has 1 fully saturated rings. The lowest BCUT2D eigenvalue weighted by atomic mass is 9.85. The summed E-state index contributed by atoms with van der Waals surface area (Å²) in [7, 11) is 0. The molecule has 0 saturated carbocycles. The summed E-state index contributed by atoms with van der Waals surface area (Å²) in [5, 5.41) is 14.1. The van der Waals surface area contributed by atoms with Crippen molar-refractivity contribution < 1.29 is 19.0 Å². The summed E-state index contributed by atoms with van der Waals surface area (Å²) in [6, 6.07) is 69.5. The molecule has 306 valence electrons. The smallest absolute Gasteiger partial charge is 0.338 e. The molecule has 1 aliphatic heterocycles. The third kappa shape index (κ3) is 6.10. The lowest BCUT2D eigenvalue weighted by Gasteiger charge is -2.35. The largest absolute Gasteiger partial charge is 0.462 e. The van der Waals surface area contributed by atoms with E-state index in [1.54, 1.807) is 0 Å². The number of carbonyl (C=O) groups excluding carboxylic acids is 1. The molecule has 11 aromatic rings. The Bertz CT molecular complexity index is 3670. The zero-order valence-electron chi connectivity index (χ0n) is 35.5. The van der Waals surface area contributed by atoms with Crippen LogP contribution in [0.25, 0.3) is 109 Å². The van der Waals surface area contributed by atoms with Crippen LogP contribution < -0.4 is 0 Å². The molecule has 0 bridgehead atoms. The van der Waals surface area contributed by atoms with Gasteiger partial charge in [0.2, 0.25) is 0 Å². The van der Waals surface area contributed by atoms with Crippen molar-refractivity contribution in [2.45, 2.75) is 26.4 Å². The molecule has 0 radical (unpaired) electrons. The maximum absolute atomic E-state index is 13.2. The monoisotopic (exact) mass is 826 g/mol. The van der Waals surface area contributed by atoms with E-state index in [9.17, 15) is 4.79 Å². The molecule has 0 aromatic heterocycles. The molecular formula is C60H42O4. The highest BCUT2D eigenvalue weighted by Crippen LogP contribution is 2.46. The average Bonchev–Trinajstić information content (AvgIpc) is 3.34. The maximum atomic E-state index is 13.2. The Labute approximate surface area is 370 Å². The standard InChI is InChI=1S/C60H42O4/c1-3-62-59(61)49-26-14-12-24-47(49)53-34-57-41-18-6-4-16-39(41)51(32-55(57)45-22-10-8-20-43(45)53)37-28-30-38(31-29-37)52-33-56-46-23-11-9-21-44(46)54(35-58(56)42-19-7-5-17-40(42)52)48-25-13-15-27-50(48)60-63-36(2)64-60/h4-36,60H,3H2,1-2H3. The van der Waals surface area contributed by atoms with Gasteiger partial charge in [-0.2, -0.15) is 0 Å². The second kappa shape index (κ2) is 15.3. The van der Waals surface area contributed by atoms with Crippen LogP contribution in [0.2, 0.25) is 0 Å². The van der Waals surface area contributed by atoms with Gasteiger partial charge >= 0.3 is 5.97 Å². The number of hydrogen-bond acceptors (Lipinski definition) is 4. The van der Waals surface area contributed by atoms with Crippen LogP contribution in [0, 0.1) is 0 Å². The second-order valence-electron chi connectivity index (χ2n) is 16.7. The van der Waals surface area contributed by atoms with E-state index < -0.39 is 0 Å². The Morgan fingerprint density at radius 2 is 0.766 bits per heavy atom. The fraction of sp³-hybridized carbons (Fsp3) is 0.0833. The molecule has 0 atom stereocenters. The minimum atomic E-state index is -0.380. The van der Waals surface area contributed by atoms with E-state index in [-0.39, 0.29) is 18.5 Å². The van der Waals surface area contributed by atoms with Crippen LogP contribution in [0.3, 0.4) is 0 Å². The summed E-state index contributed by atoms with van der Waals surface area (Å²) in [5.41, 5.74) is 10.5. The Balaban J connectivity index is 1.01. The number of rotatable bonds is 7. The molecule has 11 aromatic carbocycles.